The van der Waals surface area contributed by atoms with Gasteiger partial charge < -0.3 is 10.1 Å². The minimum atomic E-state index is -4.20. The molecule has 2 unspecified atom stereocenters. The van der Waals surface area contributed by atoms with E-state index in [-0.39, 0.29) is 17.8 Å². The molecule has 3 N–H and O–H groups in total. The van der Waals surface area contributed by atoms with E-state index in [0.717, 1.165) is 11.6 Å². The van der Waals surface area contributed by atoms with Gasteiger partial charge in [0.25, 0.3) is 0 Å². The van der Waals surface area contributed by atoms with E-state index in [1.54, 1.807) is 0 Å². The lowest BCUT2D eigenvalue weighted by atomic mass is 9.97. The molecule has 0 spiro atoms. The predicted molar refractivity (Wildman–Crippen MR) is 96.2 cm³/mol. The number of hydrogen-bond donors (Lipinski definition) is 2. The van der Waals surface area contributed by atoms with E-state index in [1.807, 2.05) is 30.3 Å². The standard InChI is InChI=1S/C17H19N3O5S/c18-26(23,24)16-8-4-7-14(17(16)20(21)22)19-13-9-10-25-15(11-13)12-5-2-1-3-6-12/h1-8,13,15,19H,9-11H2,(H2,18,23,24). The summed E-state index contributed by atoms with van der Waals surface area (Å²) in [6.45, 7) is 0.500. The highest BCUT2D eigenvalue weighted by molar-refractivity contribution is 7.89. The second-order valence-corrected chi connectivity index (χ2v) is 7.62. The number of ether oxygens (including phenoxy) is 1. The number of para-hydroxylation sites is 1. The maximum atomic E-state index is 11.7. The van der Waals surface area contributed by atoms with Gasteiger partial charge in [-0.05, 0) is 30.5 Å². The lowest BCUT2D eigenvalue weighted by Crippen LogP contribution is -2.30. The molecule has 1 aliphatic rings. The third-order valence-corrected chi connectivity index (χ3v) is 5.25. The van der Waals surface area contributed by atoms with Crippen LogP contribution in [0.3, 0.4) is 0 Å². The highest BCUT2D eigenvalue weighted by Crippen LogP contribution is 2.35. The van der Waals surface area contributed by atoms with Crippen LogP contribution < -0.4 is 10.5 Å². The molecule has 1 saturated heterocycles. The van der Waals surface area contributed by atoms with Gasteiger partial charge in [-0.2, -0.15) is 0 Å². The zero-order valence-electron chi connectivity index (χ0n) is 13.9. The van der Waals surface area contributed by atoms with Crippen molar-refractivity contribution in [1.82, 2.24) is 0 Å². The summed E-state index contributed by atoms with van der Waals surface area (Å²) in [7, 11) is -4.20. The highest BCUT2D eigenvalue weighted by Gasteiger charge is 2.30. The molecule has 0 aromatic heterocycles. The third kappa shape index (κ3) is 4.01. The van der Waals surface area contributed by atoms with Crippen molar-refractivity contribution in [2.45, 2.75) is 29.9 Å². The SMILES string of the molecule is NS(=O)(=O)c1cccc(NC2CCOC(c3ccccc3)C2)c1[N+](=O)[O-]. The summed E-state index contributed by atoms with van der Waals surface area (Å²) in [5, 5.41) is 19.7. The Bertz CT molecular complexity index is 902. The van der Waals surface area contributed by atoms with Crippen molar-refractivity contribution in [3.63, 3.8) is 0 Å². The summed E-state index contributed by atoms with van der Waals surface area (Å²) in [6, 6.07) is 13.7. The molecule has 0 radical (unpaired) electrons. The average Bonchev–Trinajstić information content (AvgIpc) is 2.61. The van der Waals surface area contributed by atoms with E-state index < -0.39 is 25.5 Å². The molecule has 9 heteroatoms. The molecule has 1 aliphatic heterocycles. The summed E-state index contributed by atoms with van der Waals surface area (Å²) >= 11 is 0. The zero-order chi connectivity index (χ0) is 18.7. The van der Waals surface area contributed by atoms with Gasteiger partial charge in [0.05, 0.1) is 11.0 Å². The Morgan fingerprint density at radius 2 is 1.88 bits per heavy atom. The van der Waals surface area contributed by atoms with Crippen LogP contribution in [0.25, 0.3) is 0 Å². The van der Waals surface area contributed by atoms with Crippen LogP contribution in [-0.4, -0.2) is 26.0 Å². The Balaban J connectivity index is 1.86. The Morgan fingerprint density at radius 3 is 2.54 bits per heavy atom. The molecule has 26 heavy (non-hydrogen) atoms. The molecule has 8 nitrogen and oxygen atoms in total. The first kappa shape index (κ1) is 18.3. The van der Waals surface area contributed by atoms with Crippen molar-refractivity contribution < 1.29 is 18.1 Å². The minimum Gasteiger partial charge on any atom is -0.377 e. The van der Waals surface area contributed by atoms with Crippen molar-refractivity contribution in [3.8, 4) is 0 Å². The van der Waals surface area contributed by atoms with Gasteiger partial charge in [-0.1, -0.05) is 36.4 Å². The number of nitro benzene ring substituents is 1. The van der Waals surface area contributed by atoms with Crippen molar-refractivity contribution in [2.75, 3.05) is 11.9 Å². The van der Waals surface area contributed by atoms with Crippen molar-refractivity contribution in [3.05, 3.63) is 64.2 Å². The van der Waals surface area contributed by atoms with Crippen LogP contribution in [0.4, 0.5) is 11.4 Å². The highest BCUT2D eigenvalue weighted by atomic mass is 32.2. The summed E-state index contributed by atoms with van der Waals surface area (Å²) < 4.78 is 29.1. The predicted octanol–water partition coefficient (Wildman–Crippen LogP) is 2.57. The van der Waals surface area contributed by atoms with Gasteiger partial charge in [-0.15, -0.1) is 0 Å². The zero-order valence-corrected chi connectivity index (χ0v) is 14.7. The van der Waals surface area contributed by atoms with E-state index >= 15 is 0 Å². The van der Waals surface area contributed by atoms with E-state index in [4.69, 9.17) is 9.88 Å². The number of sulfonamides is 1. The second kappa shape index (κ2) is 7.40. The molecule has 1 heterocycles. The number of benzene rings is 2. The summed E-state index contributed by atoms with van der Waals surface area (Å²) in [5.74, 6) is 0. The Morgan fingerprint density at radius 1 is 1.15 bits per heavy atom. The first-order valence-electron chi connectivity index (χ1n) is 8.09. The molecule has 2 atom stereocenters. The lowest BCUT2D eigenvalue weighted by molar-refractivity contribution is -0.386. The number of nitrogens with one attached hydrogen (secondary N) is 1. The van der Waals surface area contributed by atoms with E-state index in [9.17, 15) is 18.5 Å². The molecule has 138 valence electrons. The third-order valence-electron chi connectivity index (χ3n) is 4.30. The average molecular weight is 377 g/mol. The molecule has 2 aromatic carbocycles. The first-order valence-corrected chi connectivity index (χ1v) is 9.64. The Labute approximate surface area is 151 Å². The molecule has 3 rings (SSSR count). The van der Waals surface area contributed by atoms with Gasteiger partial charge in [0.1, 0.15) is 5.69 Å². The van der Waals surface area contributed by atoms with Crippen molar-refractivity contribution in [2.24, 2.45) is 5.14 Å². The fraction of sp³-hybridized carbons (Fsp3) is 0.294. The maximum absolute atomic E-state index is 11.7. The molecule has 1 fully saturated rings. The Kier molecular flexibility index (Phi) is 5.21. The number of nitro groups is 1. The van der Waals surface area contributed by atoms with Crippen molar-refractivity contribution >= 4 is 21.4 Å². The van der Waals surface area contributed by atoms with Gasteiger partial charge in [0.2, 0.25) is 10.0 Å². The topological polar surface area (TPSA) is 125 Å². The molecule has 0 saturated carbocycles. The van der Waals surface area contributed by atoms with Crippen molar-refractivity contribution in [1.29, 1.82) is 0 Å². The summed E-state index contributed by atoms with van der Waals surface area (Å²) in [6.07, 6.45) is 1.14. The second-order valence-electron chi connectivity index (χ2n) is 6.09. The van der Waals surface area contributed by atoms with Gasteiger partial charge in [0, 0.05) is 12.6 Å². The molecule has 2 aromatic rings. The fourth-order valence-electron chi connectivity index (χ4n) is 3.10. The molecule has 0 amide bonds. The molecular weight excluding hydrogens is 358 g/mol. The van der Waals surface area contributed by atoms with Crippen LogP contribution >= 0.6 is 0 Å². The first-order chi connectivity index (χ1) is 12.4. The largest absolute Gasteiger partial charge is 0.377 e. The number of nitrogens with zero attached hydrogens (tertiary/aromatic N) is 1. The number of hydrogen-bond acceptors (Lipinski definition) is 6. The summed E-state index contributed by atoms with van der Waals surface area (Å²) in [5.41, 5.74) is 0.643. The van der Waals surface area contributed by atoms with Gasteiger partial charge in [-0.3, -0.25) is 10.1 Å². The quantitative estimate of drug-likeness (QED) is 0.609. The summed E-state index contributed by atoms with van der Waals surface area (Å²) in [4.78, 5) is 10.2. The Hall–Kier alpha value is -2.49. The lowest BCUT2D eigenvalue weighted by Gasteiger charge is -2.31. The van der Waals surface area contributed by atoms with E-state index in [0.29, 0.717) is 19.4 Å². The normalized spacial score (nSPS) is 20.5. The van der Waals surface area contributed by atoms with E-state index in [1.165, 1.54) is 12.1 Å². The van der Waals surface area contributed by atoms with Crippen LogP contribution in [0.5, 0.6) is 0 Å². The van der Waals surface area contributed by atoms with Gasteiger partial charge >= 0.3 is 5.69 Å². The van der Waals surface area contributed by atoms with Crippen LogP contribution in [0.2, 0.25) is 0 Å². The van der Waals surface area contributed by atoms with Crippen LogP contribution in [0.1, 0.15) is 24.5 Å². The van der Waals surface area contributed by atoms with E-state index in [2.05, 4.69) is 5.32 Å². The van der Waals surface area contributed by atoms with Crippen LogP contribution in [0, 0.1) is 10.1 Å². The van der Waals surface area contributed by atoms with Crippen LogP contribution in [0.15, 0.2) is 53.4 Å². The number of rotatable bonds is 5. The number of nitrogens with two attached hydrogens (primary N) is 1. The molecular formula is C17H19N3O5S. The minimum absolute atomic E-state index is 0.0941. The van der Waals surface area contributed by atoms with Gasteiger partial charge in [0.15, 0.2) is 4.90 Å². The monoisotopic (exact) mass is 377 g/mol. The van der Waals surface area contributed by atoms with Crippen LogP contribution in [-0.2, 0) is 14.8 Å². The smallest absolute Gasteiger partial charge is 0.312 e. The molecule has 0 aliphatic carbocycles. The van der Waals surface area contributed by atoms with Gasteiger partial charge in [-0.25, -0.2) is 13.6 Å². The number of primary sulfonamides is 1. The fourth-order valence-corrected chi connectivity index (χ4v) is 3.83. The number of anilines is 1. The molecule has 0 bridgehead atoms. The maximum Gasteiger partial charge on any atom is 0.312 e.